The summed E-state index contributed by atoms with van der Waals surface area (Å²) in [5.41, 5.74) is 6.72. The van der Waals surface area contributed by atoms with Crippen molar-refractivity contribution in [3.05, 3.63) is 28.3 Å². The van der Waals surface area contributed by atoms with Crippen LogP contribution < -0.4 is 10.6 Å². The normalized spacial score (nSPS) is 16.4. The molecule has 0 aromatic heterocycles. The number of aliphatic hydroxyl groups is 1. The van der Waals surface area contributed by atoms with Crippen LogP contribution in [0.25, 0.3) is 0 Å². The Morgan fingerprint density at radius 1 is 1.45 bits per heavy atom. The van der Waals surface area contributed by atoms with Gasteiger partial charge in [-0.1, -0.05) is 0 Å². The number of piperidine rings is 1. The minimum Gasteiger partial charge on any atom is -0.394 e. The number of ether oxygens (including phenoxy) is 1. The summed E-state index contributed by atoms with van der Waals surface area (Å²) >= 11 is 0. The molecule has 0 bridgehead atoms. The Kier molecular flexibility index (Phi) is 4.75. The van der Waals surface area contributed by atoms with Gasteiger partial charge in [-0.15, -0.1) is 0 Å². The number of nitro benzene ring substituents is 1. The Labute approximate surface area is 117 Å². The number of benzene rings is 1. The minimum atomic E-state index is -0.478. The molecule has 0 amide bonds. The summed E-state index contributed by atoms with van der Waals surface area (Å²) in [6.07, 6.45) is 1.92. The lowest BCUT2D eigenvalue weighted by Gasteiger charge is -2.33. The van der Waals surface area contributed by atoms with Crippen molar-refractivity contribution in [3.63, 3.8) is 0 Å². The van der Waals surface area contributed by atoms with E-state index in [1.165, 1.54) is 6.07 Å². The molecule has 0 spiro atoms. The molecule has 110 valence electrons. The van der Waals surface area contributed by atoms with Crippen molar-refractivity contribution in [1.82, 2.24) is 0 Å². The van der Waals surface area contributed by atoms with E-state index in [0.29, 0.717) is 6.61 Å². The van der Waals surface area contributed by atoms with Crippen molar-refractivity contribution >= 4 is 17.1 Å². The Morgan fingerprint density at radius 2 is 2.15 bits per heavy atom. The molecule has 0 saturated carbocycles. The van der Waals surface area contributed by atoms with Crippen LogP contribution in [0.4, 0.5) is 17.1 Å². The average molecular weight is 281 g/mol. The van der Waals surface area contributed by atoms with Crippen LogP contribution in [0.5, 0.6) is 0 Å². The predicted octanol–water partition coefficient (Wildman–Crippen LogP) is 1.15. The Balaban J connectivity index is 1.97. The highest BCUT2D eigenvalue weighted by atomic mass is 16.6. The highest BCUT2D eigenvalue weighted by Gasteiger charge is 2.21. The number of hydrogen-bond donors (Lipinski definition) is 2. The molecule has 1 heterocycles. The van der Waals surface area contributed by atoms with Gasteiger partial charge >= 0.3 is 0 Å². The molecule has 7 nitrogen and oxygen atoms in total. The molecule has 0 radical (unpaired) electrons. The Hall–Kier alpha value is -1.86. The van der Waals surface area contributed by atoms with Crippen molar-refractivity contribution in [1.29, 1.82) is 0 Å². The molecule has 1 saturated heterocycles. The number of nitrogens with zero attached hydrogens (tertiary/aromatic N) is 2. The van der Waals surface area contributed by atoms with Gasteiger partial charge in [0, 0.05) is 24.8 Å². The number of rotatable bonds is 5. The van der Waals surface area contributed by atoms with Crippen molar-refractivity contribution in [2.24, 2.45) is 0 Å². The fraction of sp³-hybridized carbons (Fsp3) is 0.538. The lowest BCUT2D eigenvalue weighted by Crippen LogP contribution is -2.37. The molecule has 0 unspecified atom stereocenters. The maximum atomic E-state index is 10.7. The predicted molar refractivity (Wildman–Crippen MR) is 75.8 cm³/mol. The first-order chi connectivity index (χ1) is 9.61. The van der Waals surface area contributed by atoms with Gasteiger partial charge in [0.2, 0.25) is 0 Å². The van der Waals surface area contributed by atoms with Crippen LogP contribution >= 0.6 is 0 Å². The van der Waals surface area contributed by atoms with Gasteiger partial charge in [-0.25, -0.2) is 0 Å². The Morgan fingerprint density at radius 3 is 2.70 bits per heavy atom. The van der Waals surface area contributed by atoms with E-state index in [2.05, 4.69) is 4.90 Å². The van der Waals surface area contributed by atoms with E-state index >= 15 is 0 Å². The SMILES string of the molecule is Nc1cc(N2CCC(OCCO)CC2)ccc1[N+](=O)[O-]. The monoisotopic (exact) mass is 281 g/mol. The first-order valence-electron chi connectivity index (χ1n) is 6.63. The zero-order chi connectivity index (χ0) is 14.5. The molecule has 0 aliphatic carbocycles. The summed E-state index contributed by atoms with van der Waals surface area (Å²) in [6.45, 7) is 2.04. The lowest BCUT2D eigenvalue weighted by molar-refractivity contribution is -0.383. The molecular formula is C13H19N3O4. The van der Waals surface area contributed by atoms with Gasteiger partial charge in [0.25, 0.3) is 5.69 Å². The van der Waals surface area contributed by atoms with Gasteiger partial charge in [0.15, 0.2) is 0 Å². The largest absolute Gasteiger partial charge is 0.394 e. The van der Waals surface area contributed by atoms with Crippen molar-refractivity contribution in [2.75, 3.05) is 36.9 Å². The van der Waals surface area contributed by atoms with E-state index in [-0.39, 0.29) is 24.1 Å². The smallest absolute Gasteiger partial charge is 0.292 e. The zero-order valence-electron chi connectivity index (χ0n) is 11.2. The third-order valence-electron chi connectivity index (χ3n) is 3.46. The number of hydrogen-bond acceptors (Lipinski definition) is 6. The summed E-state index contributed by atoms with van der Waals surface area (Å²) < 4.78 is 5.50. The van der Waals surface area contributed by atoms with E-state index < -0.39 is 4.92 Å². The van der Waals surface area contributed by atoms with Gasteiger partial charge < -0.3 is 20.5 Å². The number of nitrogen functional groups attached to an aromatic ring is 1. The average Bonchev–Trinajstić information content (AvgIpc) is 2.45. The maximum Gasteiger partial charge on any atom is 0.292 e. The second-order valence-electron chi connectivity index (χ2n) is 4.78. The highest BCUT2D eigenvalue weighted by Crippen LogP contribution is 2.28. The van der Waals surface area contributed by atoms with E-state index in [9.17, 15) is 10.1 Å². The molecule has 1 aliphatic rings. The molecule has 20 heavy (non-hydrogen) atoms. The molecule has 2 rings (SSSR count). The lowest BCUT2D eigenvalue weighted by atomic mass is 10.1. The van der Waals surface area contributed by atoms with Crippen LogP contribution in [0.15, 0.2) is 18.2 Å². The number of anilines is 2. The summed E-state index contributed by atoms with van der Waals surface area (Å²) in [6, 6.07) is 4.81. The summed E-state index contributed by atoms with van der Waals surface area (Å²) in [5.74, 6) is 0. The number of aliphatic hydroxyl groups excluding tert-OH is 1. The summed E-state index contributed by atoms with van der Waals surface area (Å²) in [4.78, 5) is 12.4. The van der Waals surface area contributed by atoms with E-state index in [1.807, 2.05) is 0 Å². The van der Waals surface area contributed by atoms with Gasteiger partial charge in [-0.05, 0) is 25.0 Å². The summed E-state index contributed by atoms with van der Waals surface area (Å²) in [7, 11) is 0. The van der Waals surface area contributed by atoms with Crippen LogP contribution in [0, 0.1) is 10.1 Å². The van der Waals surface area contributed by atoms with Gasteiger partial charge in [-0.3, -0.25) is 10.1 Å². The standard InChI is InChI=1S/C13H19N3O4/c14-12-9-10(1-2-13(12)16(18)19)15-5-3-11(4-6-15)20-8-7-17/h1-2,9,11,17H,3-8,14H2. The molecule has 1 aromatic carbocycles. The molecule has 1 aliphatic heterocycles. The topological polar surface area (TPSA) is 102 Å². The quantitative estimate of drug-likeness (QED) is 0.477. The summed E-state index contributed by atoms with van der Waals surface area (Å²) in [5, 5.41) is 19.5. The van der Waals surface area contributed by atoms with Gasteiger partial charge in [0.05, 0.1) is 24.2 Å². The van der Waals surface area contributed by atoms with Crippen molar-refractivity contribution in [2.45, 2.75) is 18.9 Å². The fourth-order valence-electron chi connectivity index (χ4n) is 2.40. The van der Waals surface area contributed by atoms with Gasteiger partial charge in [0.1, 0.15) is 5.69 Å². The molecule has 1 aromatic rings. The maximum absolute atomic E-state index is 10.7. The highest BCUT2D eigenvalue weighted by molar-refractivity contribution is 5.66. The van der Waals surface area contributed by atoms with Crippen molar-refractivity contribution < 1.29 is 14.8 Å². The number of nitro groups is 1. The molecule has 7 heteroatoms. The second kappa shape index (κ2) is 6.53. The van der Waals surface area contributed by atoms with Gasteiger partial charge in [-0.2, -0.15) is 0 Å². The third-order valence-corrected chi connectivity index (χ3v) is 3.46. The molecule has 1 fully saturated rings. The molecular weight excluding hydrogens is 262 g/mol. The Bertz CT molecular complexity index is 473. The van der Waals surface area contributed by atoms with Crippen LogP contribution in [0.1, 0.15) is 12.8 Å². The number of nitrogens with two attached hydrogens (primary N) is 1. The van der Waals surface area contributed by atoms with Crippen LogP contribution in [-0.2, 0) is 4.74 Å². The van der Waals surface area contributed by atoms with E-state index in [4.69, 9.17) is 15.6 Å². The van der Waals surface area contributed by atoms with Crippen LogP contribution in [0.2, 0.25) is 0 Å². The second-order valence-corrected chi connectivity index (χ2v) is 4.78. The first-order valence-corrected chi connectivity index (χ1v) is 6.63. The minimum absolute atomic E-state index is 0.0408. The third kappa shape index (κ3) is 3.37. The van der Waals surface area contributed by atoms with Crippen molar-refractivity contribution in [3.8, 4) is 0 Å². The zero-order valence-corrected chi connectivity index (χ0v) is 11.2. The van der Waals surface area contributed by atoms with Crippen LogP contribution in [0.3, 0.4) is 0 Å². The van der Waals surface area contributed by atoms with Crippen LogP contribution in [-0.4, -0.2) is 42.4 Å². The first kappa shape index (κ1) is 14.5. The fourth-order valence-corrected chi connectivity index (χ4v) is 2.40. The van der Waals surface area contributed by atoms with E-state index in [0.717, 1.165) is 31.6 Å². The van der Waals surface area contributed by atoms with E-state index in [1.54, 1.807) is 12.1 Å². The molecule has 0 atom stereocenters. The molecule has 3 N–H and O–H groups in total.